The van der Waals surface area contributed by atoms with Crippen molar-refractivity contribution in [3.8, 4) is 16.9 Å². The van der Waals surface area contributed by atoms with E-state index in [2.05, 4.69) is 0 Å². The molecule has 1 aliphatic rings. The SMILES string of the molecule is Cc1ccc(-c2nn(-c3ccccc3)cc2C(=O)N2Cc3ccccc3C[C@H]2C(N)=O)cc1. The summed E-state index contributed by atoms with van der Waals surface area (Å²) < 4.78 is 1.71. The summed E-state index contributed by atoms with van der Waals surface area (Å²) in [6.07, 6.45) is 2.15. The van der Waals surface area contributed by atoms with E-state index in [0.717, 1.165) is 27.9 Å². The van der Waals surface area contributed by atoms with Crippen molar-refractivity contribution in [2.24, 2.45) is 5.73 Å². The second kappa shape index (κ2) is 8.39. The minimum absolute atomic E-state index is 0.258. The van der Waals surface area contributed by atoms with Crippen LogP contribution in [0.25, 0.3) is 16.9 Å². The van der Waals surface area contributed by atoms with Crippen LogP contribution in [0.5, 0.6) is 0 Å². The normalized spacial score (nSPS) is 15.2. The number of amides is 2. The Bertz CT molecular complexity index is 1330. The number of carbonyl (C=O) groups excluding carboxylic acids is 2. The van der Waals surface area contributed by atoms with E-state index in [0.29, 0.717) is 24.2 Å². The van der Waals surface area contributed by atoms with Crippen LogP contribution < -0.4 is 5.73 Å². The van der Waals surface area contributed by atoms with Gasteiger partial charge in [-0.25, -0.2) is 4.68 Å². The Morgan fingerprint density at radius 3 is 2.27 bits per heavy atom. The Morgan fingerprint density at radius 2 is 1.58 bits per heavy atom. The van der Waals surface area contributed by atoms with Gasteiger partial charge < -0.3 is 10.6 Å². The van der Waals surface area contributed by atoms with Crippen LogP contribution in [0.3, 0.4) is 0 Å². The number of para-hydroxylation sites is 1. The van der Waals surface area contributed by atoms with E-state index in [1.807, 2.05) is 85.8 Å². The average molecular weight is 437 g/mol. The first-order valence-corrected chi connectivity index (χ1v) is 10.9. The van der Waals surface area contributed by atoms with Crippen molar-refractivity contribution >= 4 is 11.8 Å². The van der Waals surface area contributed by atoms with E-state index >= 15 is 0 Å². The predicted molar refractivity (Wildman–Crippen MR) is 127 cm³/mol. The second-order valence-corrected chi connectivity index (χ2v) is 8.36. The molecule has 0 fully saturated rings. The summed E-state index contributed by atoms with van der Waals surface area (Å²) in [5.74, 6) is -0.767. The third-order valence-corrected chi connectivity index (χ3v) is 6.13. The second-order valence-electron chi connectivity index (χ2n) is 8.36. The van der Waals surface area contributed by atoms with Crippen molar-refractivity contribution in [1.29, 1.82) is 0 Å². The topological polar surface area (TPSA) is 81.2 Å². The minimum Gasteiger partial charge on any atom is -0.368 e. The monoisotopic (exact) mass is 436 g/mol. The number of rotatable bonds is 4. The lowest BCUT2D eigenvalue weighted by atomic mass is 9.92. The van der Waals surface area contributed by atoms with E-state index < -0.39 is 11.9 Å². The molecule has 2 N–H and O–H groups in total. The Hall–Kier alpha value is -4.19. The lowest BCUT2D eigenvalue weighted by Gasteiger charge is -2.35. The van der Waals surface area contributed by atoms with Crippen LogP contribution in [0.4, 0.5) is 0 Å². The zero-order chi connectivity index (χ0) is 22.9. The number of aromatic nitrogens is 2. The number of nitrogens with two attached hydrogens (primary N) is 1. The molecule has 0 saturated carbocycles. The van der Waals surface area contributed by atoms with Crippen molar-refractivity contribution in [2.75, 3.05) is 0 Å². The first-order chi connectivity index (χ1) is 16.0. The molecule has 2 amide bonds. The summed E-state index contributed by atoms with van der Waals surface area (Å²) in [5.41, 5.74) is 11.6. The van der Waals surface area contributed by atoms with Crippen LogP contribution in [-0.2, 0) is 17.8 Å². The first kappa shape index (κ1) is 20.7. The van der Waals surface area contributed by atoms with Gasteiger partial charge in [0.1, 0.15) is 11.7 Å². The number of fused-ring (bicyclic) bond motifs is 1. The number of nitrogens with zero attached hydrogens (tertiary/aromatic N) is 3. The molecule has 33 heavy (non-hydrogen) atoms. The first-order valence-electron chi connectivity index (χ1n) is 10.9. The predicted octanol–water partition coefficient (Wildman–Crippen LogP) is 3.90. The molecular weight excluding hydrogens is 412 g/mol. The standard InChI is InChI=1S/C27H24N4O2/c1-18-11-13-19(14-12-18)25-23(17-31(29-25)22-9-3-2-4-10-22)27(33)30-16-21-8-6-5-7-20(21)15-24(30)26(28)32/h2-14,17,24H,15-16H2,1H3,(H2,28,32)/t24-/m0/s1. The van der Waals surface area contributed by atoms with Crippen LogP contribution in [-0.4, -0.2) is 32.5 Å². The van der Waals surface area contributed by atoms with Gasteiger partial charge in [0.05, 0.1) is 11.3 Å². The van der Waals surface area contributed by atoms with Gasteiger partial charge in [0, 0.05) is 24.7 Å². The van der Waals surface area contributed by atoms with Gasteiger partial charge in [0.2, 0.25) is 5.91 Å². The quantitative estimate of drug-likeness (QED) is 0.527. The highest BCUT2D eigenvalue weighted by Gasteiger charge is 2.35. The molecule has 4 aromatic rings. The lowest BCUT2D eigenvalue weighted by molar-refractivity contribution is -0.122. The summed E-state index contributed by atoms with van der Waals surface area (Å²) in [7, 11) is 0. The summed E-state index contributed by atoms with van der Waals surface area (Å²) in [6.45, 7) is 2.34. The van der Waals surface area contributed by atoms with Gasteiger partial charge >= 0.3 is 0 Å². The third kappa shape index (κ3) is 3.91. The Balaban J connectivity index is 1.61. The van der Waals surface area contributed by atoms with E-state index in [1.165, 1.54) is 0 Å². The number of primary amides is 1. The summed E-state index contributed by atoms with van der Waals surface area (Å²) in [4.78, 5) is 27.8. The average Bonchev–Trinajstić information content (AvgIpc) is 3.29. The van der Waals surface area contributed by atoms with Gasteiger partial charge in [0.25, 0.3) is 5.91 Å². The highest BCUT2D eigenvalue weighted by atomic mass is 16.2. The molecule has 0 spiro atoms. The van der Waals surface area contributed by atoms with Crippen molar-refractivity contribution in [3.63, 3.8) is 0 Å². The Morgan fingerprint density at radius 1 is 0.909 bits per heavy atom. The Labute approximate surface area is 192 Å². The third-order valence-electron chi connectivity index (χ3n) is 6.13. The van der Waals surface area contributed by atoms with Gasteiger partial charge in [-0.05, 0) is 30.2 Å². The lowest BCUT2D eigenvalue weighted by Crippen LogP contribution is -2.51. The fourth-order valence-corrected chi connectivity index (χ4v) is 4.31. The molecule has 0 radical (unpaired) electrons. The molecule has 1 atom stereocenters. The van der Waals surface area contributed by atoms with Crippen LogP contribution in [0.1, 0.15) is 27.0 Å². The van der Waals surface area contributed by atoms with Crippen molar-refractivity contribution in [2.45, 2.75) is 25.9 Å². The molecule has 3 aromatic carbocycles. The molecular formula is C27H24N4O2. The minimum atomic E-state index is -0.710. The van der Waals surface area contributed by atoms with E-state index in [9.17, 15) is 9.59 Å². The fraction of sp³-hybridized carbons (Fsp3) is 0.148. The van der Waals surface area contributed by atoms with E-state index in [-0.39, 0.29) is 5.91 Å². The smallest absolute Gasteiger partial charge is 0.258 e. The maximum Gasteiger partial charge on any atom is 0.258 e. The highest BCUT2D eigenvalue weighted by Crippen LogP contribution is 2.29. The maximum atomic E-state index is 13.9. The number of hydrogen-bond donors (Lipinski definition) is 1. The van der Waals surface area contributed by atoms with Gasteiger partial charge in [-0.3, -0.25) is 9.59 Å². The zero-order valence-electron chi connectivity index (χ0n) is 18.3. The molecule has 6 heteroatoms. The van der Waals surface area contributed by atoms with Gasteiger partial charge in [0.15, 0.2) is 0 Å². The maximum absolute atomic E-state index is 13.9. The molecule has 0 aliphatic carbocycles. The van der Waals surface area contributed by atoms with Crippen LogP contribution in [0, 0.1) is 6.92 Å². The molecule has 1 aromatic heterocycles. The molecule has 2 heterocycles. The zero-order valence-corrected chi connectivity index (χ0v) is 18.3. The van der Waals surface area contributed by atoms with E-state index in [1.54, 1.807) is 15.8 Å². The Kier molecular flexibility index (Phi) is 5.26. The van der Waals surface area contributed by atoms with Crippen molar-refractivity contribution in [1.82, 2.24) is 14.7 Å². The van der Waals surface area contributed by atoms with Crippen molar-refractivity contribution in [3.05, 3.63) is 107 Å². The van der Waals surface area contributed by atoms with E-state index in [4.69, 9.17) is 10.8 Å². The fourth-order valence-electron chi connectivity index (χ4n) is 4.31. The van der Waals surface area contributed by atoms with Crippen molar-refractivity contribution < 1.29 is 9.59 Å². The largest absolute Gasteiger partial charge is 0.368 e. The summed E-state index contributed by atoms with van der Waals surface area (Å²) in [5, 5.41) is 4.76. The van der Waals surface area contributed by atoms with Crippen LogP contribution in [0.15, 0.2) is 85.1 Å². The summed E-state index contributed by atoms with van der Waals surface area (Å²) >= 11 is 0. The molecule has 6 nitrogen and oxygen atoms in total. The molecule has 5 rings (SSSR count). The molecule has 0 saturated heterocycles. The molecule has 164 valence electrons. The highest BCUT2D eigenvalue weighted by molar-refractivity contribution is 6.02. The summed E-state index contributed by atoms with van der Waals surface area (Å²) in [6, 6.07) is 24.7. The number of hydrogen-bond acceptors (Lipinski definition) is 3. The van der Waals surface area contributed by atoms with Gasteiger partial charge in [-0.15, -0.1) is 0 Å². The number of carbonyl (C=O) groups is 2. The molecule has 1 aliphatic heterocycles. The molecule has 0 bridgehead atoms. The van der Waals surface area contributed by atoms with Crippen LogP contribution in [0.2, 0.25) is 0 Å². The number of benzene rings is 3. The van der Waals surface area contributed by atoms with Gasteiger partial charge in [-0.2, -0.15) is 5.10 Å². The van der Waals surface area contributed by atoms with Crippen LogP contribution >= 0.6 is 0 Å². The molecule has 0 unspecified atom stereocenters. The number of aryl methyl sites for hydroxylation is 1. The van der Waals surface area contributed by atoms with Gasteiger partial charge in [-0.1, -0.05) is 72.3 Å².